The van der Waals surface area contributed by atoms with Crippen molar-refractivity contribution in [3.05, 3.63) is 52.2 Å². The van der Waals surface area contributed by atoms with Gasteiger partial charge in [-0.3, -0.25) is 14.9 Å². The van der Waals surface area contributed by atoms with Gasteiger partial charge in [-0.1, -0.05) is 0 Å². The largest absolute Gasteiger partial charge is 0.382 e. The molecule has 0 fully saturated rings. The van der Waals surface area contributed by atoms with Crippen molar-refractivity contribution in [1.29, 1.82) is 0 Å². The fourth-order valence-electron chi connectivity index (χ4n) is 1.36. The first-order valence-corrected chi connectivity index (χ1v) is 5.30. The van der Waals surface area contributed by atoms with E-state index in [-0.39, 0.29) is 22.9 Å². The molecule has 0 bridgehead atoms. The molecule has 3 N–H and O–H groups in total. The van der Waals surface area contributed by atoms with Crippen molar-refractivity contribution in [2.24, 2.45) is 0 Å². The van der Waals surface area contributed by atoms with Gasteiger partial charge in [0.15, 0.2) is 0 Å². The van der Waals surface area contributed by atoms with Crippen molar-refractivity contribution in [3.63, 3.8) is 0 Å². The van der Waals surface area contributed by atoms with Crippen molar-refractivity contribution < 1.29 is 14.1 Å². The van der Waals surface area contributed by atoms with Crippen molar-refractivity contribution in [2.45, 2.75) is 0 Å². The van der Waals surface area contributed by atoms with Crippen LogP contribution < -0.4 is 11.1 Å². The highest BCUT2D eigenvalue weighted by molar-refractivity contribution is 6.02. The Morgan fingerprint density at radius 2 is 2.10 bits per heavy atom. The van der Waals surface area contributed by atoms with Crippen molar-refractivity contribution >= 4 is 23.1 Å². The number of carbonyl (C=O) groups is 1. The van der Waals surface area contributed by atoms with E-state index < -0.39 is 16.6 Å². The number of halogens is 1. The van der Waals surface area contributed by atoms with Crippen LogP contribution in [0.4, 0.5) is 21.6 Å². The third-order valence-corrected chi connectivity index (χ3v) is 2.31. The van der Waals surface area contributed by atoms with Gasteiger partial charge in [0, 0.05) is 12.1 Å². The highest BCUT2D eigenvalue weighted by Gasteiger charge is 2.15. The van der Waals surface area contributed by atoms with Gasteiger partial charge in [-0.05, 0) is 6.07 Å². The Balaban J connectivity index is 2.25. The van der Waals surface area contributed by atoms with Gasteiger partial charge >= 0.3 is 0 Å². The number of nitro groups is 1. The average molecular weight is 277 g/mol. The Labute approximate surface area is 111 Å². The Bertz CT molecular complexity index is 674. The molecule has 1 aromatic heterocycles. The van der Waals surface area contributed by atoms with Gasteiger partial charge in [0.2, 0.25) is 0 Å². The highest BCUT2D eigenvalue weighted by atomic mass is 19.1. The van der Waals surface area contributed by atoms with Crippen LogP contribution in [0.2, 0.25) is 0 Å². The molecule has 1 heterocycles. The van der Waals surface area contributed by atoms with E-state index >= 15 is 0 Å². The lowest BCUT2D eigenvalue weighted by Gasteiger charge is -2.05. The molecule has 0 spiro atoms. The molecule has 102 valence electrons. The van der Waals surface area contributed by atoms with E-state index in [2.05, 4.69) is 15.3 Å². The molecule has 0 aliphatic heterocycles. The quantitative estimate of drug-likeness (QED) is 0.644. The molecule has 0 aliphatic rings. The Morgan fingerprint density at radius 3 is 2.70 bits per heavy atom. The molecule has 1 amide bonds. The summed E-state index contributed by atoms with van der Waals surface area (Å²) in [5.74, 6) is -1.42. The zero-order valence-corrected chi connectivity index (χ0v) is 9.91. The maximum atomic E-state index is 13.5. The van der Waals surface area contributed by atoms with E-state index in [9.17, 15) is 19.3 Å². The summed E-state index contributed by atoms with van der Waals surface area (Å²) >= 11 is 0. The van der Waals surface area contributed by atoms with Crippen LogP contribution >= 0.6 is 0 Å². The van der Waals surface area contributed by atoms with Gasteiger partial charge in [-0.2, -0.15) is 0 Å². The van der Waals surface area contributed by atoms with Gasteiger partial charge in [-0.25, -0.2) is 14.4 Å². The molecule has 8 nitrogen and oxygen atoms in total. The zero-order chi connectivity index (χ0) is 14.7. The summed E-state index contributed by atoms with van der Waals surface area (Å²) < 4.78 is 13.5. The number of anilines is 2. The first kappa shape index (κ1) is 13.3. The molecule has 20 heavy (non-hydrogen) atoms. The standard InChI is InChI=1S/C11H8FN5O3/c12-7-2-1-6(17(19)20)3-8(7)16-11(18)9-4-15-10(13)5-14-9/h1-5H,(H2,13,15)(H,16,18). The summed E-state index contributed by atoms with van der Waals surface area (Å²) in [4.78, 5) is 29.0. The number of nitro benzene ring substituents is 1. The highest BCUT2D eigenvalue weighted by Crippen LogP contribution is 2.21. The predicted molar refractivity (Wildman–Crippen MR) is 67.5 cm³/mol. The monoisotopic (exact) mass is 277 g/mol. The van der Waals surface area contributed by atoms with Gasteiger partial charge in [0.1, 0.15) is 17.3 Å². The molecule has 9 heteroatoms. The fourth-order valence-corrected chi connectivity index (χ4v) is 1.36. The summed E-state index contributed by atoms with van der Waals surface area (Å²) in [6.07, 6.45) is 2.28. The summed E-state index contributed by atoms with van der Waals surface area (Å²) in [7, 11) is 0. The SMILES string of the molecule is Nc1cnc(C(=O)Nc2cc([N+](=O)[O-])ccc2F)cn1. The van der Waals surface area contributed by atoms with Crippen LogP contribution in [0.5, 0.6) is 0 Å². The lowest BCUT2D eigenvalue weighted by molar-refractivity contribution is -0.384. The normalized spacial score (nSPS) is 10.1. The number of aromatic nitrogens is 2. The van der Waals surface area contributed by atoms with Crippen LogP contribution in [0.25, 0.3) is 0 Å². The smallest absolute Gasteiger partial charge is 0.275 e. The van der Waals surface area contributed by atoms with Crippen LogP contribution in [-0.4, -0.2) is 20.8 Å². The summed E-state index contributed by atoms with van der Waals surface area (Å²) in [6.45, 7) is 0. The Kier molecular flexibility index (Phi) is 3.51. The van der Waals surface area contributed by atoms with E-state index in [0.29, 0.717) is 0 Å². The van der Waals surface area contributed by atoms with Crippen molar-refractivity contribution in [1.82, 2.24) is 9.97 Å². The second-order valence-corrected chi connectivity index (χ2v) is 3.70. The van der Waals surface area contributed by atoms with Crippen LogP contribution in [0.3, 0.4) is 0 Å². The minimum atomic E-state index is -0.799. The van der Waals surface area contributed by atoms with E-state index in [4.69, 9.17) is 5.73 Å². The maximum absolute atomic E-state index is 13.5. The predicted octanol–water partition coefficient (Wildman–Crippen LogP) is 1.36. The number of nitrogens with two attached hydrogens (primary N) is 1. The second kappa shape index (κ2) is 5.26. The third kappa shape index (κ3) is 2.83. The third-order valence-electron chi connectivity index (χ3n) is 2.31. The molecular formula is C11H8FN5O3. The van der Waals surface area contributed by atoms with Crippen molar-refractivity contribution in [3.8, 4) is 0 Å². The van der Waals surface area contributed by atoms with E-state index in [0.717, 1.165) is 24.4 Å². The molecule has 1 aromatic carbocycles. The van der Waals surface area contributed by atoms with Gasteiger partial charge in [0.25, 0.3) is 11.6 Å². The van der Waals surface area contributed by atoms with Crippen LogP contribution in [0.15, 0.2) is 30.6 Å². The number of nitrogen functional groups attached to an aromatic ring is 1. The minimum absolute atomic E-state index is 0.0925. The number of rotatable bonds is 3. The van der Waals surface area contributed by atoms with E-state index in [1.165, 1.54) is 6.20 Å². The molecule has 0 unspecified atom stereocenters. The Morgan fingerprint density at radius 1 is 1.35 bits per heavy atom. The minimum Gasteiger partial charge on any atom is -0.382 e. The molecular weight excluding hydrogens is 269 g/mol. The number of carbonyl (C=O) groups excluding carboxylic acids is 1. The van der Waals surface area contributed by atoms with Crippen molar-refractivity contribution in [2.75, 3.05) is 11.1 Å². The Hall–Kier alpha value is -3.10. The molecule has 0 radical (unpaired) electrons. The summed E-state index contributed by atoms with van der Waals surface area (Å²) in [5.41, 5.74) is 4.56. The number of nitrogens with zero attached hydrogens (tertiary/aromatic N) is 3. The fraction of sp³-hybridized carbons (Fsp3) is 0. The molecule has 0 saturated carbocycles. The molecule has 0 saturated heterocycles. The van der Waals surface area contributed by atoms with E-state index in [1.807, 2.05) is 0 Å². The number of hydrogen-bond acceptors (Lipinski definition) is 6. The number of hydrogen-bond donors (Lipinski definition) is 2. The topological polar surface area (TPSA) is 124 Å². The van der Waals surface area contributed by atoms with Gasteiger partial charge in [0.05, 0.1) is 23.0 Å². The molecule has 2 rings (SSSR count). The summed E-state index contributed by atoms with van der Waals surface area (Å²) in [6, 6.07) is 2.80. The summed E-state index contributed by atoms with van der Waals surface area (Å²) in [5, 5.41) is 12.8. The lowest BCUT2D eigenvalue weighted by atomic mass is 10.2. The maximum Gasteiger partial charge on any atom is 0.275 e. The number of non-ortho nitro benzene ring substituents is 1. The number of amides is 1. The number of nitrogens with one attached hydrogen (secondary N) is 1. The lowest BCUT2D eigenvalue weighted by Crippen LogP contribution is -2.15. The zero-order valence-electron chi connectivity index (χ0n) is 9.91. The average Bonchev–Trinajstić information content (AvgIpc) is 2.41. The number of benzene rings is 1. The molecule has 2 aromatic rings. The van der Waals surface area contributed by atoms with Crippen LogP contribution in [0, 0.1) is 15.9 Å². The second-order valence-electron chi connectivity index (χ2n) is 3.70. The van der Waals surface area contributed by atoms with Crippen LogP contribution in [0.1, 0.15) is 10.5 Å². The first-order chi connectivity index (χ1) is 9.47. The van der Waals surface area contributed by atoms with Crippen LogP contribution in [-0.2, 0) is 0 Å². The van der Waals surface area contributed by atoms with Gasteiger partial charge < -0.3 is 11.1 Å². The molecule has 0 aliphatic carbocycles. The molecule has 0 atom stereocenters. The van der Waals surface area contributed by atoms with E-state index in [1.54, 1.807) is 0 Å². The van der Waals surface area contributed by atoms with Gasteiger partial charge in [-0.15, -0.1) is 0 Å². The first-order valence-electron chi connectivity index (χ1n) is 5.30.